The molecule has 0 bridgehead atoms. The normalized spacial score (nSPS) is 13.4. The first kappa shape index (κ1) is 39.3. The summed E-state index contributed by atoms with van der Waals surface area (Å²) in [6.45, 7) is 27.1. The lowest BCUT2D eigenvalue weighted by Crippen LogP contribution is -2.61. The van der Waals surface area contributed by atoms with E-state index < -0.39 is 24.2 Å². The van der Waals surface area contributed by atoms with Crippen molar-refractivity contribution in [3.05, 3.63) is 88.7 Å². The maximum Gasteiger partial charge on any atom is 0.181 e. The maximum absolute atomic E-state index is 3.81. The van der Waals surface area contributed by atoms with Crippen LogP contribution in [0.2, 0.25) is 42.8 Å². The van der Waals surface area contributed by atoms with Gasteiger partial charge in [0.25, 0.3) is 0 Å². The van der Waals surface area contributed by atoms with E-state index in [0.29, 0.717) is 10.1 Å². The van der Waals surface area contributed by atoms with Crippen LogP contribution in [-0.4, -0.2) is 24.2 Å². The highest BCUT2D eigenvalue weighted by molar-refractivity contribution is 9.11. The van der Waals surface area contributed by atoms with Gasteiger partial charge in [-0.1, -0.05) is 105 Å². The fraction of sp³-hybridized carbons (Fsp3) is 0.317. The lowest BCUT2D eigenvalue weighted by atomic mass is 10.2. The van der Waals surface area contributed by atoms with Crippen LogP contribution in [0.25, 0.3) is 39.0 Å². The molecule has 0 amide bonds. The van der Waals surface area contributed by atoms with E-state index in [1.54, 1.807) is 9.00 Å². The molecular formula is C41H47BrS7Si3. The largest absolute Gasteiger partial charge is 0.181 e. The molecule has 0 nitrogen and oxygen atoms in total. The second-order valence-corrected chi connectivity index (χ2v) is 42.2. The van der Waals surface area contributed by atoms with Crippen LogP contribution in [0, 0.1) is 0 Å². The highest BCUT2D eigenvalue weighted by atomic mass is 79.9. The fourth-order valence-electron chi connectivity index (χ4n) is 5.98. The molecule has 0 radical (unpaired) electrons. The van der Waals surface area contributed by atoms with Crippen molar-refractivity contribution in [3.8, 4) is 39.0 Å². The van der Waals surface area contributed by atoms with Gasteiger partial charge in [-0.15, -0.1) is 79.4 Å². The van der Waals surface area contributed by atoms with Gasteiger partial charge in [0, 0.05) is 52.5 Å². The average Bonchev–Trinajstić information content (AvgIpc) is 3.90. The van der Waals surface area contributed by atoms with Crippen LogP contribution in [-0.2, 0) is 0 Å². The second-order valence-electron chi connectivity index (χ2n) is 17.0. The van der Waals surface area contributed by atoms with Crippen LogP contribution in [0.1, 0.15) is 41.5 Å². The number of thiophene rings is 7. The van der Waals surface area contributed by atoms with E-state index in [4.69, 9.17) is 0 Å². The van der Waals surface area contributed by atoms with Crippen molar-refractivity contribution in [1.82, 2.24) is 0 Å². The predicted octanol–water partition coefficient (Wildman–Crippen LogP) is 14.1. The van der Waals surface area contributed by atoms with Gasteiger partial charge in [-0.05, 0) is 89.6 Å². The van der Waals surface area contributed by atoms with Gasteiger partial charge in [0.2, 0.25) is 0 Å². The Balaban J connectivity index is 1.18. The SMILES string of the molecule is CC(C)(C)[Si](C)(C)c1ccc(-c2ccc(-c3ccc([Si](C)(c4ccc(Br)s4)c4ccc(-c5ccc(-c6ccc([Si](C)(C)C(C)(C)C)s6)s5)s4)s3)s2)s1. The molecule has 7 aromatic heterocycles. The van der Waals surface area contributed by atoms with Gasteiger partial charge in [-0.2, -0.15) is 0 Å². The van der Waals surface area contributed by atoms with Crippen LogP contribution >= 0.6 is 95.3 Å². The molecule has 0 N–H and O–H groups in total. The van der Waals surface area contributed by atoms with Crippen molar-refractivity contribution >= 4 is 142 Å². The molecule has 0 atom stereocenters. The molecule has 0 fully saturated rings. The van der Waals surface area contributed by atoms with Crippen LogP contribution < -0.4 is 22.5 Å². The predicted molar refractivity (Wildman–Crippen MR) is 258 cm³/mol. The number of rotatable bonds is 9. The van der Waals surface area contributed by atoms with Crippen molar-refractivity contribution in [2.75, 3.05) is 0 Å². The molecular weight excluding hydrogens is 881 g/mol. The number of hydrogen-bond acceptors (Lipinski definition) is 7. The standard InChI is InChI=1S/C41H47BrS7Si3/c1-40(2,3)50(7,8)35-21-16-30(45-35)26-12-14-28(43-26)32-18-23-37(47-32)52(11,39-25-20-34(42)49-39)38-24-19-33(48-38)29-15-13-27(44-29)31-17-22-36(46-31)51(9,10)41(4,5)6/h12-25H,1-11H3. The Hall–Kier alpha value is -0.969. The molecule has 0 aliphatic carbocycles. The lowest BCUT2D eigenvalue weighted by Gasteiger charge is -2.35. The Morgan fingerprint density at radius 2 is 0.596 bits per heavy atom. The zero-order chi connectivity index (χ0) is 37.4. The molecule has 0 aliphatic heterocycles. The summed E-state index contributed by atoms with van der Waals surface area (Å²) >= 11 is 17.7. The third-order valence-corrected chi connectivity index (χ3v) is 41.6. The molecule has 52 heavy (non-hydrogen) atoms. The van der Waals surface area contributed by atoms with E-state index in [0.717, 1.165) is 0 Å². The first-order chi connectivity index (χ1) is 24.3. The number of halogens is 1. The molecule has 7 rings (SSSR count). The maximum atomic E-state index is 3.81. The van der Waals surface area contributed by atoms with Gasteiger partial charge >= 0.3 is 0 Å². The molecule has 7 heterocycles. The molecule has 0 aromatic carbocycles. The summed E-state index contributed by atoms with van der Waals surface area (Å²) in [5.41, 5.74) is 0. The first-order valence-corrected chi connectivity index (χ1v) is 32.7. The van der Waals surface area contributed by atoms with Crippen molar-refractivity contribution in [2.45, 2.75) is 84.4 Å². The molecule has 0 aliphatic rings. The van der Waals surface area contributed by atoms with Crippen molar-refractivity contribution in [2.24, 2.45) is 0 Å². The zero-order valence-electron chi connectivity index (χ0n) is 31.8. The van der Waals surface area contributed by atoms with Crippen LogP contribution in [0.15, 0.2) is 88.7 Å². The number of hydrogen-bond donors (Lipinski definition) is 0. The minimum Gasteiger partial charge on any atom is -0.144 e. The quantitative estimate of drug-likeness (QED) is 0.127. The highest BCUT2D eigenvalue weighted by Crippen LogP contribution is 2.43. The van der Waals surface area contributed by atoms with Gasteiger partial charge in [0.05, 0.1) is 19.9 Å². The summed E-state index contributed by atoms with van der Waals surface area (Å²) < 4.78 is 8.97. The van der Waals surface area contributed by atoms with Crippen LogP contribution in [0.4, 0.5) is 0 Å². The minimum atomic E-state index is -2.22. The first-order valence-electron chi connectivity index (χ1n) is 17.7. The summed E-state index contributed by atoms with van der Waals surface area (Å²) in [6.07, 6.45) is 0. The Labute approximate surface area is 350 Å². The van der Waals surface area contributed by atoms with Crippen molar-refractivity contribution < 1.29 is 0 Å². The Kier molecular flexibility index (Phi) is 10.7. The van der Waals surface area contributed by atoms with Gasteiger partial charge in [0.15, 0.2) is 8.07 Å². The fourth-order valence-corrected chi connectivity index (χ4v) is 28.0. The molecule has 0 unspecified atom stereocenters. The van der Waals surface area contributed by atoms with Crippen molar-refractivity contribution in [1.29, 1.82) is 0 Å². The third kappa shape index (κ3) is 7.12. The van der Waals surface area contributed by atoms with Gasteiger partial charge in [0.1, 0.15) is 0 Å². The summed E-state index contributed by atoms with van der Waals surface area (Å²) in [5, 5.41) is 0.681. The second kappa shape index (κ2) is 14.2. The van der Waals surface area contributed by atoms with E-state index in [-0.39, 0.29) is 0 Å². The van der Waals surface area contributed by atoms with Crippen molar-refractivity contribution in [3.63, 3.8) is 0 Å². The molecule has 272 valence electrons. The average molecular weight is 928 g/mol. The highest BCUT2D eigenvalue weighted by Gasteiger charge is 2.41. The van der Waals surface area contributed by atoms with E-state index in [9.17, 15) is 0 Å². The molecule has 0 saturated heterocycles. The Bertz CT molecular complexity index is 2200. The monoisotopic (exact) mass is 926 g/mol. The Morgan fingerprint density at radius 1 is 0.346 bits per heavy atom. The Morgan fingerprint density at radius 3 is 0.904 bits per heavy atom. The summed E-state index contributed by atoms with van der Waals surface area (Å²) in [6, 6.07) is 33.2. The summed E-state index contributed by atoms with van der Waals surface area (Å²) in [5.74, 6) is 0. The third-order valence-electron chi connectivity index (χ3n) is 11.6. The molecule has 0 spiro atoms. The lowest BCUT2D eigenvalue weighted by molar-refractivity contribution is 0.730. The minimum absolute atomic E-state index is 0.340. The van der Waals surface area contributed by atoms with E-state index in [1.807, 2.05) is 79.4 Å². The molecule has 0 saturated carbocycles. The van der Waals surface area contributed by atoms with E-state index in [2.05, 4.69) is 175 Å². The summed E-state index contributed by atoms with van der Waals surface area (Å²) in [4.78, 5) is 11.1. The van der Waals surface area contributed by atoms with E-state index in [1.165, 1.54) is 56.3 Å². The van der Waals surface area contributed by atoms with Gasteiger partial charge < -0.3 is 0 Å². The van der Waals surface area contributed by atoms with Gasteiger partial charge in [-0.3, -0.25) is 0 Å². The van der Waals surface area contributed by atoms with Gasteiger partial charge in [-0.25, -0.2) is 0 Å². The van der Waals surface area contributed by atoms with Crippen LogP contribution in [0.3, 0.4) is 0 Å². The van der Waals surface area contributed by atoms with E-state index >= 15 is 0 Å². The molecule has 7 aromatic rings. The zero-order valence-corrected chi connectivity index (χ0v) is 42.1. The summed E-state index contributed by atoms with van der Waals surface area (Å²) in [7, 11) is -5.31. The molecule has 11 heteroatoms. The topological polar surface area (TPSA) is 0 Å². The van der Waals surface area contributed by atoms with Crippen LogP contribution in [0.5, 0.6) is 0 Å². The smallest absolute Gasteiger partial charge is 0.144 e.